The summed E-state index contributed by atoms with van der Waals surface area (Å²) in [6.07, 6.45) is 0. The minimum absolute atomic E-state index is 0.0145. The molecule has 0 aliphatic carbocycles. The van der Waals surface area contributed by atoms with Gasteiger partial charge >= 0.3 is 5.97 Å². The van der Waals surface area contributed by atoms with Gasteiger partial charge in [-0.1, -0.05) is 0 Å². The number of hydrogen-bond donors (Lipinski definition) is 1. The summed E-state index contributed by atoms with van der Waals surface area (Å²) in [5.41, 5.74) is 0. The van der Waals surface area contributed by atoms with Gasteiger partial charge in [0.1, 0.15) is 0 Å². The van der Waals surface area contributed by atoms with Crippen molar-refractivity contribution in [3.63, 3.8) is 0 Å². The number of carboxylic acid groups (broad SMARTS) is 1. The van der Waals surface area contributed by atoms with Crippen molar-refractivity contribution in [1.82, 2.24) is 14.8 Å². The molecule has 0 aromatic carbocycles. The molecule has 1 saturated heterocycles. The summed E-state index contributed by atoms with van der Waals surface area (Å²) >= 11 is 0. The highest BCUT2D eigenvalue weighted by Gasteiger charge is 2.28. The summed E-state index contributed by atoms with van der Waals surface area (Å²) in [6.45, 7) is 3.79. The van der Waals surface area contributed by atoms with Gasteiger partial charge in [-0.25, -0.2) is 4.79 Å². The van der Waals surface area contributed by atoms with E-state index < -0.39 is 5.97 Å². The van der Waals surface area contributed by atoms with Gasteiger partial charge in [-0.15, -0.1) is 10.2 Å². The number of likely N-dealkylation sites (N-methyl/N-ethyl adjacent to an activating group) is 1. The number of nitrogens with zero attached hydrogens (tertiary/aromatic N) is 5. The maximum atomic E-state index is 10.9. The molecule has 0 saturated carbocycles. The minimum Gasteiger partial charge on any atom is -0.475 e. The van der Waals surface area contributed by atoms with Gasteiger partial charge in [-0.2, -0.15) is 0 Å². The van der Waals surface area contributed by atoms with E-state index in [-0.39, 0.29) is 5.82 Å². The van der Waals surface area contributed by atoms with Crippen LogP contribution >= 0.6 is 0 Å². The Labute approximate surface area is 99.9 Å². The number of hydrogen-bond acceptors (Lipinski definition) is 4. The van der Waals surface area contributed by atoms with Crippen LogP contribution in [0.15, 0.2) is 0 Å². The van der Waals surface area contributed by atoms with Gasteiger partial charge in [0.2, 0.25) is 11.8 Å². The van der Waals surface area contributed by atoms with Gasteiger partial charge in [0.25, 0.3) is 0 Å². The molecule has 1 aliphatic rings. The number of rotatable bonds is 2. The summed E-state index contributed by atoms with van der Waals surface area (Å²) in [5, 5.41) is 16.6. The van der Waals surface area contributed by atoms with Gasteiger partial charge in [0.15, 0.2) is 0 Å². The summed E-state index contributed by atoms with van der Waals surface area (Å²) in [5.74, 6) is -0.416. The highest BCUT2D eigenvalue weighted by molar-refractivity contribution is 5.83. The smallest absolute Gasteiger partial charge is 0.374 e. The summed E-state index contributed by atoms with van der Waals surface area (Å²) in [7, 11) is 6.07. The molecule has 0 radical (unpaired) electrons. The third kappa shape index (κ3) is 2.23. The lowest BCUT2D eigenvalue weighted by Gasteiger charge is -2.39. The van der Waals surface area contributed by atoms with E-state index in [1.54, 1.807) is 7.05 Å². The molecule has 7 heteroatoms. The first-order valence-electron chi connectivity index (χ1n) is 5.60. The molecule has 0 atom stereocenters. The largest absolute Gasteiger partial charge is 0.475 e. The van der Waals surface area contributed by atoms with Crippen LogP contribution in [0.5, 0.6) is 0 Å². The number of quaternary nitrogens is 1. The standard InChI is InChI=1S/C10H17N5O2/c1-13-8(9(16)17)11-12-10(13)14-4-6-15(2,3)7-5-14/h4-7H2,1-3H3/p+1. The van der Waals surface area contributed by atoms with Crippen molar-refractivity contribution in [1.29, 1.82) is 0 Å². The van der Waals surface area contributed by atoms with Crippen LogP contribution in [0.1, 0.15) is 10.6 Å². The van der Waals surface area contributed by atoms with Crippen LogP contribution in [0.2, 0.25) is 0 Å². The molecule has 7 nitrogen and oxygen atoms in total. The van der Waals surface area contributed by atoms with Crippen LogP contribution in [0.3, 0.4) is 0 Å². The zero-order chi connectivity index (χ0) is 12.6. The van der Waals surface area contributed by atoms with E-state index in [1.807, 2.05) is 0 Å². The first-order chi connectivity index (χ1) is 7.91. The fraction of sp³-hybridized carbons (Fsp3) is 0.700. The normalized spacial score (nSPS) is 19.4. The lowest BCUT2D eigenvalue weighted by Crippen LogP contribution is -2.55. The molecular formula is C10H18N5O2+. The number of anilines is 1. The molecule has 1 fully saturated rings. The average Bonchev–Trinajstić information content (AvgIpc) is 2.60. The molecular weight excluding hydrogens is 222 g/mol. The van der Waals surface area contributed by atoms with Gasteiger partial charge in [0.05, 0.1) is 40.3 Å². The van der Waals surface area contributed by atoms with E-state index in [0.29, 0.717) is 5.95 Å². The van der Waals surface area contributed by atoms with Crippen molar-refractivity contribution in [3.05, 3.63) is 5.82 Å². The monoisotopic (exact) mass is 240 g/mol. The minimum atomic E-state index is -1.04. The molecule has 94 valence electrons. The van der Waals surface area contributed by atoms with Gasteiger partial charge < -0.3 is 14.5 Å². The first kappa shape index (κ1) is 11.8. The molecule has 0 spiro atoms. The van der Waals surface area contributed by atoms with Gasteiger partial charge in [-0.05, 0) is 0 Å². The maximum Gasteiger partial charge on any atom is 0.374 e. The lowest BCUT2D eigenvalue weighted by molar-refractivity contribution is -0.890. The number of piperazine rings is 1. The number of aromatic carboxylic acids is 1. The van der Waals surface area contributed by atoms with E-state index >= 15 is 0 Å². The number of carboxylic acids is 1. The van der Waals surface area contributed by atoms with Crippen molar-refractivity contribution < 1.29 is 14.4 Å². The third-order valence-electron chi connectivity index (χ3n) is 3.28. The van der Waals surface area contributed by atoms with E-state index in [4.69, 9.17) is 5.11 Å². The maximum absolute atomic E-state index is 10.9. The Balaban J connectivity index is 2.17. The number of aromatic nitrogens is 3. The molecule has 1 N–H and O–H groups in total. The van der Waals surface area contributed by atoms with Crippen molar-refractivity contribution in [2.24, 2.45) is 7.05 Å². The fourth-order valence-corrected chi connectivity index (χ4v) is 1.99. The van der Waals surface area contributed by atoms with Crippen LogP contribution in [0, 0.1) is 0 Å². The molecule has 17 heavy (non-hydrogen) atoms. The fourth-order valence-electron chi connectivity index (χ4n) is 1.99. The van der Waals surface area contributed by atoms with E-state index in [0.717, 1.165) is 30.7 Å². The molecule has 1 aromatic rings. The molecule has 1 aromatic heterocycles. The van der Waals surface area contributed by atoms with Crippen molar-refractivity contribution in [2.45, 2.75) is 0 Å². The van der Waals surface area contributed by atoms with Crippen LogP contribution < -0.4 is 4.90 Å². The molecule has 1 aliphatic heterocycles. The second-order valence-corrected chi connectivity index (χ2v) is 5.06. The van der Waals surface area contributed by atoms with Crippen LogP contribution in [0.4, 0.5) is 5.95 Å². The summed E-state index contributed by atoms with van der Waals surface area (Å²) < 4.78 is 2.52. The van der Waals surface area contributed by atoms with E-state index in [9.17, 15) is 4.79 Å². The Kier molecular flexibility index (Phi) is 2.78. The summed E-state index contributed by atoms with van der Waals surface area (Å²) in [6, 6.07) is 0. The molecule has 0 amide bonds. The van der Waals surface area contributed by atoms with E-state index in [2.05, 4.69) is 29.2 Å². The van der Waals surface area contributed by atoms with Gasteiger partial charge in [-0.3, -0.25) is 4.57 Å². The quantitative estimate of drug-likeness (QED) is 0.700. The predicted molar refractivity (Wildman–Crippen MR) is 62.0 cm³/mol. The second kappa shape index (κ2) is 3.99. The third-order valence-corrected chi connectivity index (χ3v) is 3.28. The van der Waals surface area contributed by atoms with Crippen molar-refractivity contribution in [3.8, 4) is 0 Å². The molecule has 0 bridgehead atoms. The molecule has 2 rings (SSSR count). The van der Waals surface area contributed by atoms with Crippen molar-refractivity contribution >= 4 is 11.9 Å². The van der Waals surface area contributed by atoms with Crippen LogP contribution in [-0.2, 0) is 7.05 Å². The lowest BCUT2D eigenvalue weighted by atomic mass is 10.3. The average molecular weight is 240 g/mol. The first-order valence-corrected chi connectivity index (χ1v) is 5.60. The van der Waals surface area contributed by atoms with E-state index in [1.165, 1.54) is 4.57 Å². The Morgan fingerprint density at radius 1 is 1.29 bits per heavy atom. The van der Waals surface area contributed by atoms with Crippen molar-refractivity contribution in [2.75, 3.05) is 45.2 Å². The molecule has 0 unspecified atom stereocenters. The Morgan fingerprint density at radius 2 is 1.88 bits per heavy atom. The van der Waals surface area contributed by atoms with Crippen LogP contribution in [0.25, 0.3) is 0 Å². The topological polar surface area (TPSA) is 71.2 Å². The Hall–Kier alpha value is -1.63. The second-order valence-electron chi connectivity index (χ2n) is 5.06. The molecule has 2 heterocycles. The SMILES string of the molecule is Cn1c(C(=O)O)nnc1N1CC[N+](C)(C)CC1. The Bertz CT molecular complexity index is 430. The van der Waals surface area contributed by atoms with Gasteiger partial charge in [0, 0.05) is 7.05 Å². The highest BCUT2D eigenvalue weighted by atomic mass is 16.4. The number of carbonyl (C=O) groups is 1. The zero-order valence-electron chi connectivity index (χ0n) is 10.4. The summed E-state index contributed by atoms with van der Waals surface area (Å²) in [4.78, 5) is 13.0. The van der Waals surface area contributed by atoms with Crippen LogP contribution in [-0.4, -0.2) is 70.6 Å². The Morgan fingerprint density at radius 3 is 2.35 bits per heavy atom. The predicted octanol–water partition coefficient (Wildman–Crippen LogP) is -0.590. The zero-order valence-corrected chi connectivity index (χ0v) is 10.4. The highest BCUT2D eigenvalue weighted by Crippen LogP contribution is 2.15.